The van der Waals surface area contributed by atoms with Crippen LogP contribution < -0.4 is 10.3 Å². The highest BCUT2D eigenvalue weighted by molar-refractivity contribution is 6.04. The highest BCUT2D eigenvalue weighted by atomic mass is 16.6. The van der Waals surface area contributed by atoms with Crippen molar-refractivity contribution >= 4 is 23.3 Å². The number of cyclic esters (lactones) is 1. The van der Waals surface area contributed by atoms with E-state index in [0.29, 0.717) is 11.5 Å². The van der Waals surface area contributed by atoms with Crippen molar-refractivity contribution in [3.8, 4) is 6.07 Å². The SMILES string of the molecule is Cc1nc(N2N=C(c3ccc4c(c3)C(C)(C)OC(=O)N4)C[C@@H]2C2CCCC2)ccc1C#N. The zero-order valence-corrected chi connectivity index (χ0v) is 18.7. The molecule has 7 heteroatoms. The molecule has 0 radical (unpaired) electrons. The summed E-state index contributed by atoms with van der Waals surface area (Å²) < 4.78 is 5.51. The first-order valence-electron chi connectivity index (χ1n) is 11.2. The van der Waals surface area contributed by atoms with Crippen LogP contribution in [0.3, 0.4) is 0 Å². The number of nitriles is 1. The van der Waals surface area contributed by atoms with Crippen LogP contribution in [0.15, 0.2) is 35.4 Å². The van der Waals surface area contributed by atoms with Gasteiger partial charge in [-0.1, -0.05) is 18.9 Å². The van der Waals surface area contributed by atoms with E-state index < -0.39 is 11.7 Å². The summed E-state index contributed by atoms with van der Waals surface area (Å²) in [7, 11) is 0. The average Bonchev–Trinajstić information content (AvgIpc) is 3.43. The molecule has 1 atom stereocenters. The summed E-state index contributed by atoms with van der Waals surface area (Å²) in [5.41, 5.74) is 4.38. The van der Waals surface area contributed by atoms with Crippen LogP contribution in [0.1, 0.15) is 68.3 Å². The van der Waals surface area contributed by atoms with Crippen LogP contribution >= 0.6 is 0 Å². The lowest BCUT2D eigenvalue weighted by Gasteiger charge is -2.32. The number of hydrogen-bond donors (Lipinski definition) is 1. The minimum absolute atomic E-state index is 0.257. The number of amides is 1. The smallest absolute Gasteiger partial charge is 0.412 e. The van der Waals surface area contributed by atoms with Crippen molar-refractivity contribution in [3.63, 3.8) is 0 Å². The molecule has 1 saturated carbocycles. The monoisotopic (exact) mass is 429 g/mol. The predicted molar refractivity (Wildman–Crippen MR) is 123 cm³/mol. The molecule has 5 rings (SSSR count). The Morgan fingerprint density at radius 2 is 2.00 bits per heavy atom. The minimum Gasteiger partial charge on any atom is -0.438 e. The zero-order chi connectivity index (χ0) is 22.5. The Bertz CT molecular complexity index is 1160. The fourth-order valence-electron chi connectivity index (χ4n) is 5.18. The van der Waals surface area contributed by atoms with Crippen LogP contribution in [0.4, 0.5) is 16.3 Å². The number of fused-ring (bicyclic) bond motifs is 1. The zero-order valence-electron chi connectivity index (χ0n) is 18.7. The lowest BCUT2D eigenvalue weighted by atomic mass is 9.89. The molecule has 3 aliphatic rings. The highest BCUT2D eigenvalue weighted by Gasteiger charge is 2.38. The summed E-state index contributed by atoms with van der Waals surface area (Å²) in [5, 5.41) is 19.2. The van der Waals surface area contributed by atoms with Crippen molar-refractivity contribution in [2.45, 2.75) is 64.5 Å². The first kappa shape index (κ1) is 20.5. The highest BCUT2D eigenvalue weighted by Crippen LogP contribution is 2.40. The molecule has 1 aromatic carbocycles. The third-order valence-electron chi connectivity index (χ3n) is 6.90. The molecule has 1 N–H and O–H groups in total. The number of hydrazone groups is 1. The maximum absolute atomic E-state index is 11.9. The Morgan fingerprint density at radius 3 is 2.72 bits per heavy atom. The van der Waals surface area contributed by atoms with Crippen molar-refractivity contribution in [1.82, 2.24) is 4.98 Å². The van der Waals surface area contributed by atoms with Gasteiger partial charge < -0.3 is 4.74 Å². The van der Waals surface area contributed by atoms with Crippen LogP contribution in [-0.2, 0) is 10.3 Å². The summed E-state index contributed by atoms with van der Waals surface area (Å²) in [5.74, 6) is 1.37. The van der Waals surface area contributed by atoms with Gasteiger partial charge in [-0.2, -0.15) is 10.4 Å². The summed E-state index contributed by atoms with van der Waals surface area (Å²) in [4.78, 5) is 16.6. The van der Waals surface area contributed by atoms with Gasteiger partial charge in [0.25, 0.3) is 0 Å². The molecule has 2 aliphatic heterocycles. The number of ether oxygens (including phenoxy) is 1. The normalized spacial score (nSPS) is 22.1. The Hall–Kier alpha value is -3.40. The van der Waals surface area contributed by atoms with E-state index in [9.17, 15) is 10.1 Å². The Kier molecular flexibility index (Phi) is 4.89. The number of nitrogens with zero attached hydrogens (tertiary/aromatic N) is 4. The van der Waals surface area contributed by atoms with Crippen molar-refractivity contribution in [1.29, 1.82) is 5.26 Å². The second-order valence-corrected chi connectivity index (χ2v) is 9.41. The third-order valence-corrected chi connectivity index (χ3v) is 6.90. The number of carbonyl (C=O) groups is 1. The lowest BCUT2D eigenvalue weighted by molar-refractivity contribution is 0.0420. The molecule has 164 valence electrons. The summed E-state index contributed by atoms with van der Waals surface area (Å²) in [6.45, 7) is 5.68. The number of pyridine rings is 1. The molecule has 32 heavy (non-hydrogen) atoms. The Balaban J connectivity index is 1.53. The summed E-state index contributed by atoms with van der Waals surface area (Å²) in [6, 6.07) is 12.2. The lowest BCUT2D eigenvalue weighted by Crippen LogP contribution is -2.35. The quantitative estimate of drug-likeness (QED) is 0.721. The molecule has 0 saturated heterocycles. The van der Waals surface area contributed by atoms with Gasteiger partial charge in [0.05, 0.1) is 28.7 Å². The second-order valence-electron chi connectivity index (χ2n) is 9.41. The number of aromatic nitrogens is 1. The summed E-state index contributed by atoms with van der Waals surface area (Å²) in [6.07, 6.45) is 5.34. The van der Waals surface area contributed by atoms with Gasteiger partial charge in [0, 0.05) is 12.0 Å². The van der Waals surface area contributed by atoms with Gasteiger partial charge in [0.15, 0.2) is 0 Å². The molecular weight excluding hydrogens is 402 g/mol. The second kappa shape index (κ2) is 7.63. The van der Waals surface area contributed by atoms with Gasteiger partial charge in [0.2, 0.25) is 0 Å². The molecule has 2 aromatic rings. The van der Waals surface area contributed by atoms with Gasteiger partial charge in [-0.15, -0.1) is 0 Å². The number of rotatable bonds is 3. The van der Waals surface area contributed by atoms with E-state index in [1.54, 1.807) is 0 Å². The van der Waals surface area contributed by atoms with Crippen molar-refractivity contribution in [2.75, 3.05) is 10.3 Å². The number of aryl methyl sites for hydroxylation is 1. The molecule has 1 fully saturated rings. The molecule has 1 aromatic heterocycles. The van der Waals surface area contributed by atoms with Gasteiger partial charge in [-0.25, -0.2) is 14.8 Å². The van der Waals surface area contributed by atoms with Crippen LogP contribution in [0, 0.1) is 24.2 Å². The molecule has 1 amide bonds. The van der Waals surface area contributed by atoms with Crippen LogP contribution in [0.5, 0.6) is 0 Å². The number of carbonyl (C=O) groups excluding carboxylic acids is 1. The van der Waals surface area contributed by atoms with Crippen molar-refractivity contribution in [2.24, 2.45) is 11.0 Å². The van der Waals surface area contributed by atoms with Crippen LogP contribution in [-0.4, -0.2) is 22.8 Å². The van der Waals surface area contributed by atoms with Gasteiger partial charge in [-0.05, 0) is 69.4 Å². The Morgan fingerprint density at radius 1 is 1.22 bits per heavy atom. The average molecular weight is 430 g/mol. The third kappa shape index (κ3) is 3.50. The van der Waals surface area contributed by atoms with E-state index in [2.05, 4.69) is 22.5 Å². The topological polar surface area (TPSA) is 90.6 Å². The van der Waals surface area contributed by atoms with Gasteiger partial charge in [0.1, 0.15) is 17.5 Å². The minimum atomic E-state index is -0.705. The number of anilines is 2. The summed E-state index contributed by atoms with van der Waals surface area (Å²) >= 11 is 0. The van der Waals surface area contributed by atoms with E-state index in [1.165, 1.54) is 25.7 Å². The molecule has 0 unspecified atom stereocenters. The van der Waals surface area contributed by atoms with Crippen molar-refractivity contribution in [3.05, 3.63) is 52.7 Å². The molecular formula is C25H27N5O2. The first-order chi connectivity index (χ1) is 15.4. The van der Waals surface area contributed by atoms with E-state index in [4.69, 9.17) is 14.8 Å². The number of nitrogens with one attached hydrogen (secondary N) is 1. The van der Waals surface area contributed by atoms with Gasteiger partial charge >= 0.3 is 6.09 Å². The maximum atomic E-state index is 11.9. The van der Waals surface area contributed by atoms with E-state index >= 15 is 0 Å². The fourth-order valence-corrected chi connectivity index (χ4v) is 5.18. The predicted octanol–water partition coefficient (Wildman–Crippen LogP) is 5.23. The number of hydrogen-bond acceptors (Lipinski definition) is 6. The van der Waals surface area contributed by atoms with Crippen LogP contribution in [0.2, 0.25) is 0 Å². The molecule has 0 spiro atoms. The first-order valence-corrected chi connectivity index (χ1v) is 11.2. The molecule has 7 nitrogen and oxygen atoms in total. The number of benzene rings is 1. The molecule has 0 bridgehead atoms. The maximum Gasteiger partial charge on any atom is 0.412 e. The Labute approximate surface area is 188 Å². The molecule has 3 heterocycles. The van der Waals surface area contributed by atoms with Crippen LogP contribution in [0.25, 0.3) is 0 Å². The molecule has 1 aliphatic carbocycles. The van der Waals surface area contributed by atoms with Crippen molar-refractivity contribution < 1.29 is 9.53 Å². The van der Waals surface area contributed by atoms with Gasteiger partial charge in [-0.3, -0.25) is 5.32 Å². The van der Waals surface area contributed by atoms with E-state index in [-0.39, 0.29) is 6.04 Å². The fraction of sp³-hybridized carbons (Fsp3) is 0.440. The van der Waals surface area contributed by atoms with E-state index in [0.717, 1.165) is 40.5 Å². The van der Waals surface area contributed by atoms with E-state index in [1.807, 2.05) is 45.0 Å². The largest absolute Gasteiger partial charge is 0.438 e. The standard InChI is InChI=1S/C25H27N5O2/c1-15-18(14-26)9-11-23(27-15)30-22(16-6-4-5-7-16)13-21(29-30)17-8-10-20-19(12-17)25(2,3)32-24(31)28-20/h8-12,16,22H,4-7,13H2,1-3H3,(H,28,31)/t22-/m1/s1.